The summed E-state index contributed by atoms with van der Waals surface area (Å²) in [6.07, 6.45) is 0.681. The zero-order valence-electron chi connectivity index (χ0n) is 13.1. The molecule has 0 N–H and O–H groups in total. The minimum absolute atomic E-state index is 0.147. The van der Waals surface area contributed by atoms with Gasteiger partial charge in [0.05, 0.1) is 14.2 Å². The van der Waals surface area contributed by atoms with Crippen molar-refractivity contribution in [1.29, 1.82) is 0 Å². The van der Waals surface area contributed by atoms with E-state index in [-0.39, 0.29) is 29.0 Å². The number of rotatable bonds is 4. The van der Waals surface area contributed by atoms with E-state index in [0.717, 1.165) is 11.5 Å². The molecule has 2 aromatic rings. The molecule has 1 aliphatic rings. The van der Waals surface area contributed by atoms with Gasteiger partial charge in [0.1, 0.15) is 5.56 Å². The Balaban J connectivity index is 1.87. The highest BCUT2D eigenvalue weighted by atomic mass is 32.1. The van der Waals surface area contributed by atoms with Crippen molar-refractivity contribution in [3.63, 3.8) is 0 Å². The second-order valence-electron chi connectivity index (χ2n) is 4.91. The molecule has 0 atom stereocenters. The Bertz CT molecular complexity index is 752. The largest absolute Gasteiger partial charge is 0.481 e. The molecule has 10 heteroatoms. The summed E-state index contributed by atoms with van der Waals surface area (Å²) in [6, 6.07) is 3.14. The Morgan fingerprint density at radius 2 is 1.88 bits per heavy atom. The lowest BCUT2D eigenvalue weighted by molar-refractivity contribution is 0.0180. The number of carbonyl (C=O) groups is 2. The van der Waals surface area contributed by atoms with Crippen LogP contribution in [0.3, 0.4) is 0 Å². The minimum atomic E-state index is -0.365. The third-order valence-electron chi connectivity index (χ3n) is 3.55. The molecule has 1 aliphatic heterocycles. The Hall–Kier alpha value is -2.75. The van der Waals surface area contributed by atoms with Crippen LogP contribution >= 0.6 is 11.5 Å². The van der Waals surface area contributed by atoms with Gasteiger partial charge in [0.25, 0.3) is 11.8 Å². The quantitative estimate of drug-likeness (QED) is 0.807. The van der Waals surface area contributed by atoms with Crippen LogP contribution in [-0.4, -0.2) is 63.7 Å². The highest BCUT2D eigenvalue weighted by molar-refractivity contribution is 7.03. The number of pyridine rings is 1. The molecule has 24 heavy (non-hydrogen) atoms. The van der Waals surface area contributed by atoms with Crippen LogP contribution < -0.4 is 9.47 Å². The normalized spacial score (nSPS) is 13.9. The molecule has 0 spiro atoms. The molecule has 1 saturated heterocycles. The summed E-state index contributed by atoms with van der Waals surface area (Å²) in [7, 11) is 2.90. The van der Waals surface area contributed by atoms with Gasteiger partial charge in [-0.2, -0.15) is 4.98 Å². The molecular formula is C14H15N5O4S. The molecule has 0 aliphatic carbocycles. The number of amides is 2. The summed E-state index contributed by atoms with van der Waals surface area (Å²) in [5.41, 5.74) is 0.480. The molecule has 1 fully saturated rings. The second kappa shape index (κ2) is 6.79. The Morgan fingerprint density at radius 1 is 1.12 bits per heavy atom. The van der Waals surface area contributed by atoms with Crippen LogP contribution in [-0.2, 0) is 0 Å². The number of hydrogen-bond acceptors (Lipinski definition) is 8. The number of ether oxygens (including phenoxy) is 2. The van der Waals surface area contributed by atoms with E-state index in [1.54, 1.807) is 17.5 Å². The van der Waals surface area contributed by atoms with Crippen LogP contribution in [0.1, 0.15) is 27.3 Å². The number of aromatic nitrogens is 3. The van der Waals surface area contributed by atoms with Crippen molar-refractivity contribution in [1.82, 2.24) is 24.6 Å². The van der Waals surface area contributed by atoms with E-state index in [1.165, 1.54) is 24.2 Å². The van der Waals surface area contributed by atoms with Crippen molar-refractivity contribution < 1.29 is 19.1 Å². The van der Waals surface area contributed by atoms with E-state index < -0.39 is 0 Å². The standard InChI is InChI=1S/C14H15N5O4S/c1-22-11-5-4-9(12(15-11)23-2)13(20)18-6-3-7-19(18)14(21)10-8-24-17-16-10/h4-5,8H,3,6-7H2,1-2H3. The average molecular weight is 349 g/mol. The van der Waals surface area contributed by atoms with Crippen LogP contribution in [0, 0.1) is 0 Å². The number of nitrogens with zero attached hydrogens (tertiary/aromatic N) is 5. The molecule has 0 bridgehead atoms. The van der Waals surface area contributed by atoms with Crippen LogP contribution in [0.2, 0.25) is 0 Å². The second-order valence-corrected chi connectivity index (χ2v) is 5.52. The van der Waals surface area contributed by atoms with Gasteiger partial charge in [0.15, 0.2) is 5.69 Å². The van der Waals surface area contributed by atoms with Gasteiger partial charge in [-0.25, -0.2) is 10.0 Å². The molecule has 2 amide bonds. The predicted octanol–water partition coefficient (Wildman–Crippen LogP) is 0.854. The van der Waals surface area contributed by atoms with Crippen molar-refractivity contribution >= 4 is 23.3 Å². The molecule has 0 saturated carbocycles. The molecule has 0 radical (unpaired) electrons. The summed E-state index contributed by atoms with van der Waals surface area (Å²) in [5.74, 6) is -0.230. The number of methoxy groups -OCH3 is 2. The molecular weight excluding hydrogens is 334 g/mol. The van der Waals surface area contributed by atoms with Crippen LogP contribution in [0.4, 0.5) is 0 Å². The van der Waals surface area contributed by atoms with Gasteiger partial charge >= 0.3 is 0 Å². The Labute approximate surface area is 141 Å². The first-order valence-corrected chi connectivity index (χ1v) is 7.99. The maximum absolute atomic E-state index is 12.8. The monoisotopic (exact) mass is 349 g/mol. The fraction of sp³-hybridized carbons (Fsp3) is 0.357. The average Bonchev–Trinajstić information content (AvgIpc) is 3.31. The van der Waals surface area contributed by atoms with E-state index in [2.05, 4.69) is 14.6 Å². The number of carbonyl (C=O) groups excluding carboxylic acids is 2. The van der Waals surface area contributed by atoms with Crippen LogP contribution in [0.5, 0.6) is 11.8 Å². The van der Waals surface area contributed by atoms with Crippen molar-refractivity contribution in [2.45, 2.75) is 6.42 Å². The van der Waals surface area contributed by atoms with Crippen LogP contribution in [0.15, 0.2) is 17.5 Å². The fourth-order valence-electron chi connectivity index (χ4n) is 2.42. The van der Waals surface area contributed by atoms with Gasteiger partial charge in [0, 0.05) is 24.5 Å². The number of hydrazine groups is 1. The Morgan fingerprint density at radius 3 is 2.50 bits per heavy atom. The maximum Gasteiger partial charge on any atom is 0.293 e. The predicted molar refractivity (Wildman–Crippen MR) is 83.9 cm³/mol. The van der Waals surface area contributed by atoms with Gasteiger partial charge < -0.3 is 9.47 Å². The lowest BCUT2D eigenvalue weighted by Crippen LogP contribution is -2.45. The van der Waals surface area contributed by atoms with Gasteiger partial charge in [-0.15, -0.1) is 5.10 Å². The maximum atomic E-state index is 12.8. The lowest BCUT2D eigenvalue weighted by Gasteiger charge is -2.27. The van der Waals surface area contributed by atoms with Crippen molar-refractivity contribution in [2.75, 3.05) is 27.3 Å². The highest BCUT2D eigenvalue weighted by Crippen LogP contribution is 2.24. The van der Waals surface area contributed by atoms with Crippen molar-refractivity contribution in [3.05, 3.63) is 28.8 Å². The lowest BCUT2D eigenvalue weighted by atomic mass is 10.2. The highest BCUT2D eigenvalue weighted by Gasteiger charge is 2.34. The van der Waals surface area contributed by atoms with E-state index in [1.807, 2.05) is 0 Å². The summed E-state index contributed by atoms with van der Waals surface area (Å²) >= 11 is 1.09. The Kier molecular flexibility index (Phi) is 4.56. The first-order chi connectivity index (χ1) is 11.7. The van der Waals surface area contributed by atoms with Gasteiger partial charge in [-0.05, 0) is 24.0 Å². The zero-order chi connectivity index (χ0) is 17.1. The summed E-state index contributed by atoms with van der Waals surface area (Å²) in [5, 5.41) is 8.08. The van der Waals surface area contributed by atoms with Crippen LogP contribution in [0.25, 0.3) is 0 Å². The molecule has 126 valence electrons. The molecule has 0 unspecified atom stereocenters. The van der Waals surface area contributed by atoms with Crippen molar-refractivity contribution in [3.8, 4) is 11.8 Å². The first kappa shape index (κ1) is 16.1. The van der Waals surface area contributed by atoms with Gasteiger partial charge in [-0.1, -0.05) is 4.49 Å². The van der Waals surface area contributed by atoms with E-state index in [9.17, 15) is 9.59 Å². The summed E-state index contributed by atoms with van der Waals surface area (Å²) < 4.78 is 13.9. The van der Waals surface area contributed by atoms with E-state index in [4.69, 9.17) is 9.47 Å². The third kappa shape index (κ3) is 2.87. The number of hydrogen-bond donors (Lipinski definition) is 0. The molecule has 9 nitrogen and oxygen atoms in total. The molecule has 3 rings (SSSR count). The van der Waals surface area contributed by atoms with Crippen molar-refractivity contribution in [2.24, 2.45) is 0 Å². The summed E-state index contributed by atoms with van der Waals surface area (Å²) in [6.45, 7) is 0.866. The smallest absolute Gasteiger partial charge is 0.293 e. The zero-order valence-corrected chi connectivity index (χ0v) is 13.9. The minimum Gasteiger partial charge on any atom is -0.481 e. The fourth-order valence-corrected chi connectivity index (χ4v) is 2.85. The molecule has 3 heterocycles. The van der Waals surface area contributed by atoms with Gasteiger partial charge in [-0.3, -0.25) is 9.59 Å². The topological polar surface area (TPSA) is 97.8 Å². The third-order valence-corrected chi connectivity index (χ3v) is 4.05. The van der Waals surface area contributed by atoms with E-state index in [0.29, 0.717) is 25.4 Å². The summed E-state index contributed by atoms with van der Waals surface area (Å²) in [4.78, 5) is 29.4. The molecule has 0 aromatic carbocycles. The molecule has 2 aromatic heterocycles. The first-order valence-electron chi connectivity index (χ1n) is 7.15. The van der Waals surface area contributed by atoms with Gasteiger partial charge in [0.2, 0.25) is 11.8 Å². The SMILES string of the molecule is COc1ccc(C(=O)N2CCCN2C(=O)c2csnn2)c(OC)n1. The van der Waals surface area contributed by atoms with E-state index >= 15 is 0 Å².